The zero-order valence-electron chi connectivity index (χ0n) is 14.3. The van der Waals surface area contributed by atoms with Crippen LogP contribution in [0, 0.1) is 12.8 Å². The monoisotopic (exact) mass is 435 g/mol. The molecular formula is C16H30IN5O. The lowest BCUT2D eigenvalue weighted by atomic mass is 10.0. The molecule has 0 saturated heterocycles. The molecule has 0 aromatic carbocycles. The second-order valence-corrected chi connectivity index (χ2v) is 6.00. The van der Waals surface area contributed by atoms with Crippen LogP contribution in [0.15, 0.2) is 9.52 Å². The smallest absolute Gasteiger partial charge is 0.223 e. The first kappa shape index (κ1) is 20.2. The van der Waals surface area contributed by atoms with Crippen molar-refractivity contribution in [1.29, 1.82) is 0 Å². The molecular weight excluding hydrogens is 405 g/mol. The van der Waals surface area contributed by atoms with Crippen LogP contribution in [0.5, 0.6) is 0 Å². The average Bonchev–Trinajstić information content (AvgIpc) is 3.16. The van der Waals surface area contributed by atoms with Gasteiger partial charge in [0, 0.05) is 20.0 Å². The van der Waals surface area contributed by atoms with Gasteiger partial charge in [0.1, 0.15) is 6.54 Å². The number of halogens is 1. The quantitative estimate of drug-likeness (QED) is 0.283. The van der Waals surface area contributed by atoms with Crippen molar-refractivity contribution >= 4 is 29.9 Å². The molecule has 0 aliphatic heterocycles. The van der Waals surface area contributed by atoms with E-state index in [4.69, 9.17) is 4.52 Å². The number of aryl methyl sites for hydroxylation is 1. The fourth-order valence-electron chi connectivity index (χ4n) is 2.96. The van der Waals surface area contributed by atoms with Crippen LogP contribution in [0.1, 0.15) is 63.6 Å². The second kappa shape index (κ2) is 11.6. The van der Waals surface area contributed by atoms with E-state index in [0.29, 0.717) is 18.3 Å². The summed E-state index contributed by atoms with van der Waals surface area (Å²) >= 11 is 0. The number of hydrogen-bond acceptors (Lipinski definition) is 4. The van der Waals surface area contributed by atoms with Crippen LogP contribution in [0.4, 0.5) is 0 Å². The molecule has 6 nitrogen and oxygen atoms in total. The van der Waals surface area contributed by atoms with Gasteiger partial charge in [0.25, 0.3) is 0 Å². The fourth-order valence-corrected chi connectivity index (χ4v) is 2.96. The van der Waals surface area contributed by atoms with Crippen molar-refractivity contribution in [1.82, 2.24) is 20.8 Å². The summed E-state index contributed by atoms with van der Waals surface area (Å²) in [5.74, 6) is 3.01. The van der Waals surface area contributed by atoms with E-state index in [9.17, 15) is 0 Å². The normalized spacial score (nSPS) is 15.5. The van der Waals surface area contributed by atoms with Gasteiger partial charge in [-0.1, -0.05) is 43.7 Å². The molecule has 23 heavy (non-hydrogen) atoms. The molecule has 1 heterocycles. The molecule has 0 bridgehead atoms. The molecule has 1 aliphatic rings. The summed E-state index contributed by atoms with van der Waals surface area (Å²) < 4.78 is 4.95. The Morgan fingerprint density at radius 3 is 2.70 bits per heavy atom. The minimum Gasteiger partial charge on any atom is -0.357 e. The van der Waals surface area contributed by atoms with E-state index in [2.05, 4.69) is 32.7 Å². The lowest BCUT2D eigenvalue weighted by Crippen LogP contribution is -2.37. The predicted molar refractivity (Wildman–Crippen MR) is 103 cm³/mol. The SMILES string of the molecule is CCNC(=NCc1noc(C)n1)NCCCCC1CCCC1.I. The topological polar surface area (TPSA) is 75.3 Å². The number of aromatic nitrogens is 2. The van der Waals surface area contributed by atoms with Crippen LogP contribution >= 0.6 is 24.0 Å². The minimum absolute atomic E-state index is 0. The Labute approximate surface area is 156 Å². The number of hydrogen-bond donors (Lipinski definition) is 2. The van der Waals surface area contributed by atoms with Gasteiger partial charge < -0.3 is 15.2 Å². The first-order chi connectivity index (χ1) is 10.8. The van der Waals surface area contributed by atoms with E-state index in [0.717, 1.165) is 25.0 Å². The van der Waals surface area contributed by atoms with E-state index < -0.39 is 0 Å². The maximum atomic E-state index is 4.95. The maximum Gasteiger partial charge on any atom is 0.223 e. The van der Waals surface area contributed by atoms with E-state index in [1.54, 1.807) is 6.92 Å². The van der Waals surface area contributed by atoms with Crippen molar-refractivity contribution in [3.8, 4) is 0 Å². The number of unbranched alkanes of at least 4 members (excludes halogenated alkanes) is 1. The molecule has 1 saturated carbocycles. The first-order valence-electron chi connectivity index (χ1n) is 8.59. The number of aliphatic imine (C=N–C) groups is 1. The average molecular weight is 435 g/mol. The summed E-state index contributed by atoms with van der Waals surface area (Å²) in [7, 11) is 0. The molecule has 132 valence electrons. The van der Waals surface area contributed by atoms with Crippen LogP contribution in [0.25, 0.3) is 0 Å². The van der Waals surface area contributed by atoms with Crippen molar-refractivity contribution in [2.75, 3.05) is 13.1 Å². The van der Waals surface area contributed by atoms with Gasteiger partial charge >= 0.3 is 0 Å². The Bertz CT molecular complexity index is 457. The molecule has 1 aliphatic carbocycles. The molecule has 1 fully saturated rings. The molecule has 2 N–H and O–H groups in total. The zero-order valence-corrected chi connectivity index (χ0v) is 16.6. The van der Waals surface area contributed by atoms with E-state index in [1.165, 1.54) is 44.9 Å². The summed E-state index contributed by atoms with van der Waals surface area (Å²) in [5.41, 5.74) is 0. The highest BCUT2D eigenvalue weighted by atomic mass is 127. The highest BCUT2D eigenvalue weighted by molar-refractivity contribution is 14.0. The van der Waals surface area contributed by atoms with Gasteiger partial charge in [-0.3, -0.25) is 0 Å². The third kappa shape index (κ3) is 7.99. The minimum atomic E-state index is 0. The summed E-state index contributed by atoms with van der Waals surface area (Å²) in [5, 5.41) is 10.5. The summed E-state index contributed by atoms with van der Waals surface area (Å²) in [4.78, 5) is 8.64. The van der Waals surface area contributed by atoms with Gasteiger partial charge in [0.05, 0.1) is 0 Å². The van der Waals surface area contributed by atoms with Crippen molar-refractivity contribution in [3.63, 3.8) is 0 Å². The third-order valence-corrected chi connectivity index (χ3v) is 4.10. The molecule has 0 radical (unpaired) electrons. The zero-order chi connectivity index (χ0) is 15.6. The number of guanidine groups is 1. The molecule has 1 aromatic rings. The van der Waals surface area contributed by atoms with Gasteiger partial charge in [0.15, 0.2) is 11.8 Å². The van der Waals surface area contributed by atoms with Crippen molar-refractivity contribution in [2.24, 2.45) is 10.9 Å². The van der Waals surface area contributed by atoms with Crippen LogP contribution in [0.3, 0.4) is 0 Å². The maximum absolute atomic E-state index is 4.95. The van der Waals surface area contributed by atoms with Gasteiger partial charge in [-0.25, -0.2) is 4.99 Å². The van der Waals surface area contributed by atoms with Crippen molar-refractivity contribution < 1.29 is 4.52 Å². The van der Waals surface area contributed by atoms with Crippen LogP contribution in [0.2, 0.25) is 0 Å². The van der Waals surface area contributed by atoms with E-state index in [-0.39, 0.29) is 24.0 Å². The molecule has 1 aromatic heterocycles. The molecule has 0 spiro atoms. The van der Waals surface area contributed by atoms with Crippen LogP contribution in [-0.2, 0) is 6.54 Å². The Balaban J connectivity index is 0.00000264. The van der Waals surface area contributed by atoms with Crippen molar-refractivity contribution in [3.05, 3.63) is 11.7 Å². The van der Waals surface area contributed by atoms with Crippen LogP contribution < -0.4 is 10.6 Å². The van der Waals surface area contributed by atoms with Gasteiger partial charge in [0.2, 0.25) is 5.89 Å². The molecule has 2 rings (SSSR count). The lowest BCUT2D eigenvalue weighted by Gasteiger charge is -2.12. The third-order valence-electron chi connectivity index (χ3n) is 4.10. The largest absolute Gasteiger partial charge is 0.357 e. The molecule has 0 amide bonds. The number of nitrogens with one attached hydrogen (secondary N) is 2. The van der Waals surface area contributed by atoms with Gasteiger partial charge in [-0.2, -0.15) is 4.98 Å². The Morgan fingerprint density at radius 2 is 2.04 bits per heavy atom. The van der Waals surface area contributed by atoms with Gasteiger partial charge in [-0.15, -0.1) is 24.0 Å². The Morgan fingerprint density at radius 1 is 1.26 bits per heavy atom. The fraction of sp³-hybridized carbons (Fsp3) is 0.812. The summed E-state index contributed by atoms with van der Waals surface area (Å²) in [6.45, 7) is 6.10. The standard InChI is InChI=1S/C16H29N5O.HI/c1-3-17-16(19-12-15-20-13(2)22-21-15)18-11-7-6-10-14-8-4-5-9-14;/h14H,3-12H2,1-2H3,(H2,17,18,19);1H. The Kier molecular flexibility index (Phi) is 10.2. The highest BCUT2D eigenvalue weighted by Crippen LogP contribution is 2.28. The lowest BCUT2D eigenvalue weighted by molar-refractivity contribution is 0.387. The van der Waals surface area contributed by atoms with Crippen molar-refractivity contribution in [2.45, 2.75) is 65.3 Å². The predicted octanol–water partition coefficient (Wildman–Crippen LogP) is 3.41. The Hall–Kier alpha value is -0.860. The number of rotatable bonds is 8. The molecule has 0 unspecified atom stereocenters. The van der Waals surface area contributed by atoms with E-state index >= 15 is 0 Å². The van der Waals surface area contributed by atoms with E-state index in [1.807, 2.05) is 0 Å². The molecule has 7 heteroatoms. The summed E-state index contributed by atoms with van der Waals surface area (Å²) in [6, 6.07) is 0. The van der Waals surface area contributed by atoms with Gasteiger partial charge in [-0.05, 0) is 19.3 Å². The number of nitrogens with zero attached hydrogens (tertiary/aromatic N) is 3. The molecule has 0 atom stereocenters. The summed E-state index contributed by atoms with van der Waals surface area (Å²) in [6.07, 6.45) is 9.66. The second-order valence-electron chi connectivity index (χ2n) is 6.00. The first-order valence-corrected chi connectivity index (χ1v) is 8.59. The highest BCUT2D eigenvalue weighted by Gasteiger charge is 2.13. The van der Waals surface area contributed by atoms with Crippen LogP contribution in [-0.4, -0.2) is 29.2 Å².